The number of nitrogens with one attached hydrogen (secondary N) is 2. The lowest BCUT2D eigenvalue weighted by Gasteiger charge is -2.28. The van der Waals surface area contributed by atoms with Crippen molar-refractivity contribution in [2.24, 2.45) is 10.4 Å². The molecule has 4 heterocycles. The van der Waals surface area contributed by atoms with Gasteiger partial charge in [-0.3, -0.25) is 19.2 Å². The predicted molar refractivity (Wildman–Crippen MR) is 247 cm³/mol. The molecule has 1 fully saturated rings. The smallest absolute Gasteiger partial charge is 0.284 e. The van der Waals surface area contributed by atoms with E-state index in [-0.39, 0.29) is 43.3 Å². The number of likely N-dealkylation sites (tertiary alicyclic amines) is 1. The van der Waals surface area contributed by atoms with Crippen LogP contribution in [0.1, 0.15) is 44.0 Å². The Kier molecular flexibility index (Phi) is 12.5. The molecule has 3 N–H and O–H groups in total. The van der Waals surface area contributed by atoms with E-state index >= 15 is 0 Å². The Morgan fingerprint density at radius 2 is 1.66 bits per heavy atom. The highest BCUT2D eigenvalue weighted by atomic mass is 32.1. The normalized spacial score (nSPS) is 16.0. The fraction of sp³-hybridized carbons (Fsp3) is 0.260. The SMILES string of the molecule is COc1cc(-c2cc(-c3ccccc3)nc3c2CC(=O)Nc2ccccc2-3)ccc1OCC(=O)N=C(C(=O)N1C[C@H](O)C[C@H]1C(=O)NCc1ccc(-c2scnc2C)cc1)C(C)(C)C. The molecule has 14 heteroatoms. The number of rotatable bonds is 11. The Balaban J connectivity index is 0.995. The average Bonchev–Trinajstić information content (AvgIpc) is 3.87. The number of aliphatic hydroxyl groups excluding tert-OH is 1. The van der Waals surface area contributed by atoms with Crippen molar-refractivity contribution >= 4 is 46.4 Å². The lowest BCUT2D eigenvalue weighted by Crippen LogP contribution is -2.50. The first kappa shape index (κ1) is 43.6. The van der Waals surface area contributed by atoms with Crippen LogP contribution in [0.2, 0.25) is 0 Å². The molecule has 2 aliphatic rings. The number of hydrogen-bond donors (Lipinski definition) is 3. The first-order valence-corrected chi connectivity index (χ1v) is 21.8. The number of aromatic nitrogens is 2. The van der Waals surface area contributed by atoms with Gasteiger partial charge in [0, 0.05) is 36.1 Å². The van der Waals surface area contributed by atoms with E-state index in [1.165, 1.54) is 12.0 Å². The number of fused-ring (bicyclic) bond motifs is 3. The van der Waals surface area contributed by atoms with Crippen molar-refractivity contribution in [2.45, 2.75) is 59.2 Å². The van der Waals surface area contributed by atoms with E-state index in [0.717, 1.165) is 55.2 Å². The summed E-state index contributed by atoms with van der Waals surface area (Å²) in [6.07, 6.45) is -0.798. The maximum Gasteiger partial charge on any atom is 0.284 e. The molecule has 0 saturated carbocycles. The second-order valence-electron chi connectivity index (χ2n) is 16.8. The molecule has 326 valence electrons. The van der Waals surface area contributed by atoms with Crippen LogP contribution in [-0.2, 0) is 32.1 Å². The van der Waals surface area contributed by atoms with Crippen LogP contribution < -0.4 is 20.1 Å². The van der Waals surface area contributed by atoms with Gasteiger partial charge in [0.1, 0.15) is 11.8 Å². The Morgan fingerprint density at radius 1 is 0.922 bits per heavy atom. The molecular formula is C50H48N6O7S. The molecule has 0 unspecified atom stereocenters. The number of aryl methyl sites for hydroxylation is 1. The van der Waals surface area contributed by atoms with Crippen molar-refractivity contribution in [3.63, 3.8) is 0 Å². The van der Waals surface area contributed by atoms with Crippen molar-refractivity contribution in [1.29, 1.82) is 0 Å². The fourth-order valence-corrected chi connectivity index (χ4v) is 8.82. The Morgan fingerprint density at radius 3 is 2.38 bits per heavy atom. The minimum atomic E-state index is -0.966. The predicted octanol–water partition coefficient (Wildman–Crippen LogP) is 7.69. The minimum absolute atomic E-state index is 0.0434. The van der Waals surface area contributed by atoms with Gasteiger partial charge in [0.05, 0.1) is 52.8 Å². The summed E-state index contributed by atoms with van der Waals surface area (Å²) in [7, 11) is 1.49. The van der Waals surface area contributed by atoms with E-state index in [1.807, 2.05) is 97.9 Å². The van der Waals surface area contributed by atoms with Gasteiger partial charge in [0.15, 0.2) is 18.1 Å². The largest absolute Gasteiger partial charge is 0.493 e. The maximum atomic E-state index is 14.2. The summed E-state index contributed by atoms with van der Waals surface area (Å²) in [5.41, 5.74) is 9.78. The first-order valence-electron chi connectivity index (χ1n) is 20.9. The van der Waals surface area contributed by atoms with Crippen molar-refractivity contribution in [3.8, 4) is 55.6 Å². The third kappa shape index (κ3) is 9.33. The molecule has 8 rings (SSSR count). The standard InChI is InChI=1S/C50H48N6O7S/c1-29-46(64-28-52-29)32-17-15-30(16-18-32)25-51-48(60)40-22-34(57)26-56(40)49(61)47(50(2,3)4)55-44(59)27-63-41-20-19-33(21-42(41)62-5)36-23-39(31-11-7-6-8-12-31)54-45-35-13-9-10-14-38(35)53-43(58)24-37(36)45/h6-21,23,28,34,40,57H,22,24-27H2,1-5H3,(H,51,60)(H,53,58)/t34-,40+/m1/s1. The molecule has 4 aromatic carbocycles. The number of aliphatic imine (C=N–C) groups is 1. The van der Waals surface area contributed by atoms with Crippen LogP contribution in [0.4, 0.5) is 5.69 Å². The molecule has 13 nitrogen and oxygen atoms in total. The van der Waals surface area contributed by atoms with E-state index in [4.69, 9.17) is 14.5 Å². The van der Waals surface area contributed by atoms with Gasteiger partial charge in [-0.05, 0) is 59.0 Å². The van der Waals surface area contributed by atoms with Gasteiger partial charge >= 0.3 is 0 Å². The zero-order valence-electron chi connectivity index (χ0n) is 36.2. The van der Waals surface area contributed by atoms with Crippen molar-refractivity contribution in [1.82, 2.24) is 20.2 Å². The van der Waals surface area contributed by atoms with Gasteiger partial charge in [0.25, 0.3) is 11.8 Å². The number of carbonyl (C=O) groups is 4. The monoisotopic (exact) mass is 876 g/mol. The van der Waals surface area contributed by atoms with Gasteiger partial charge in [-0.25, -0.2) is 15.0 Å². The summed E-state index contributed by atoms with van der Waals surface area (Å²) in [4.78, 5) is 70.5. The molecule has 0 spiro atoms. The Labute approximate surface area is 375 Å². The number of anilines is 1. The molecule has 2 aromatic heterocycles. The van der Waals surface area contributed by atoms with E-state index < -0.39 is 41.9 Å². The highest BCUT2D eigenvalue weighted by Crippen LogP contribution is 2.42. The van der Waals surface area contributed by atoms with Gasteiger partial charge in [-0.15, -0.1) is 11.3 Å². The number of hydrogen-bond acceptors (Lipinski definition) is 10. The second-order valence-corrected chi connectivity index (χ2v) is 17.7. The zero-order valence-corrected chi connectivity index (χ0v) is 37.0. The van der Waals surface area contributed by atoms with Gasteiger partial charge in [-0.2, -0.15) is 0 Å². The summed E-state index contributed by atoms with van der Waals surface area (Å²) in [5.74, 6) is -1.33. The molecule has 64 heavy (non-hydrogen) atoms. The first-order chi connectivity index (χ1) is 30.8. The fourth-order valence-electron chi connectivity index (χ4n) is 8.01. The Bertz CT molecular complexity index is 2780. The molecule has 0 aliphatic carbocycles. The molecule has 4 amide bonds. The minimum Gasteiger partial charge on any atom is -0.493 e. The molecule has 2 aliphatic heterocycles. The number of β-amino-alcohol motifs (C(OH)–C–C–N with tert-alkyl or cyclic N) is 1. The van der Waals surface area contributed by atoms with E-state index in [1.54, 1.807) is 49.8 Å². The zero-order chi connectivity index (χ0) is 45.1. The second kappa shape index (κ2) is 18.4. The highest BCUT2D eigenvalue weighted by molar-refractivity contribution is 7.13. The van der Waals surface area contributed by atoms with E-state index in [9.17, 15) is 24.3 Å². The summed E-state index contributed by atoms with van der Waals surface area (Å²) in [6.45, 7) is 6.84. The number of carbonyl (C=O) groups excluding carboxylic acids is 4. The molecule has 2 atom stereocenters. The number of benzene rings is 4. The molecular weight excluding hydrogens is 829 g/mol. The highest BCUT2D eigenvalue weighted by Gasteiger charge is 2.42. The van der Waals surface area contributed by atoms with Crippen LogP contribution in [0.3, 0.4) is 0 Å². The topological polar surface area (TPSA) is 172 Å². The van der Waals surface area contributed by atoms with Crippen molar-refractivity contribution in [2.75, 3.05) is 25.6 Å². The van der Waals surface area contributed by atoms with Crippen LogP contribution >= 0.6 is 11.3 Å². The van der Waals surface area contributed by atoms with Gasteiger partial charge < -0.3 is 30.1 Å². The number of aliphatic hydroxyl groups is 1. The molecule has 0 bridgehead atoms. The summed E-state index contributed by atoms with van der Waals surface area (Å²) in [5, 5.41) is 16.6. The van der Waals surface area contributed by atoms with Crippen LogP contribution in [0.25, 0.3) is 44.1 Å². The number of ether oxygens (including phenoxy) is 2. The van der Waals surface area contributed by atoms with Crippen LogP contribution in [0.5, 0.6) is 11.5 Å². The quantitative estimate of drug-likeness (QED) is 0.110. The number of pyridine rings is 1. The van der Waals surface area contributed by atoms with Gasteiger partial charge in [0.2, 0.25) is 11.8 Å². The molecule has 1 saturated heterocycles. The summed E-state index contributed by atoms with van der Waals surface area (Å²) >= 11 is 1.56. The summed E-state index contributed by atoms with van der Waals surface area (Å²) < 4.78 is 11.8. The third-order valence-corrected chi connectivity index (χ3v) is 12.2. The van der Waals surface area contributed by atoms with Crippen LogP contribution in [0, 0.1) is 12.3 Å². The van der Waals surface area contributed by atoms with Crippen LogP contribution in [-0.4, -0.2) is 81.7 Å². The average molecular weight is 877 g/mol. The number of thiazole rings is 1. The Hall–Kier alpha value is -7.03. The number of para-hydroxylation sites is 1. The lowest BCUT2D eigenvalue weighted by molar-refractivity contribution is -0.134. The molecule has 6 aromatic rings. The lowest BCUT2D eigenvalue weighted by atomic mass is 9.88. The number of nitrogens with zero attached hydrogens (tertiary/aromatic N) is 4. The number of methoxy groups -OCH3 is 1. The van der Waals surface area contributed by atoms with E-state index in [0.29, 0.717) is 17.1 Å². The van der Waals surface area contributed by atoms with Crippen molar-refractivity contribution in [3.05, 3.63) is 125 Å². The van der Waals surface area contributed by atoms with Crippen molar-refractivity contribution < 1.29 is 33.8 Å². The molecule has 0 radical (unpaired) electrons. The maximum absolute atomic E-state index is 14.2. The van der Waals surface area contributed by atoms with Gasteiger partial charge in [-0.1, -0.05) is 99.6 Å². The number of amides is 4. The van der Waals surface area contributed by atoms with Crippen LogP contribution in [0.15, 0.2) is 114 Å². The van der Waals surface area contributed by atoms with E-state index in [2.05, 4.69) is 20.6 Å². The summed E-state index contributed by atoms with van der Waals surface area (Å²) in [6, 6.07) is 31.5. The third-order valence-electron chi connectivity index (χ3n) is 11.2.